The minimum Gasteiger partial charge on any atom is -0.460 e. The molecule has 1 unspecified atom stereocenters. The zero-order valence-corrected chi connectivity index (χ0v) is 20.5. The highest BCUT2D eigenvalue weighted by atomic mass is 16.6. The van der Waals surface area contributed by atoms with Crippen LogP contribution in [0.1, 0.15) is 71.3 Å². The zero-order valence-electron chi connectivity index (χ0n) is 20.5. The van der Waals surface area contributed by atoms with Gasteiger partial charge in [0.2, 0.25) is 5.88 Å². The van der Waals surface area contributed by atoms with E-state index in [4.69, 9.17) is 15.2 Å². The average molecular weight is 465 g/mol. The number of hydrogen-bond acceptors (Lipinski definition) is 7. The first kappa shape index (κ1) is 24.0. The Hall–Kier alpha value is -3.09. The Balaban J connectivity index is 1.52. The van der Waals surface area contributed by atoms with Crippen LogP contribution in [-0.4, -0.2) is 33.5 Å². The Morgan fingerprint density at radius 3 is 2.62 bits per heavy atom. The second-order valence-electron chi connectivity index (χ2n) is 10.3. The number of para-hydroxylation sites is 1. The van der Waals surface area contributed by atoms with Crippen molar-refractivity contribution in [1.82, 2.24) is 9.88 Å². The Morgan fingerprint density at radius 1 is 1.18 bits per heavy atom. The zero-order chi connectivity index (χ0) is 24.1. The maximum Gasteiger partial charge on any atom is 0.306 e. The number of aromatic nitrogens is 1. The lowest BCUT2D eigenvalue weighted by Crippen LogP contribution is -2.49. The van der Waals surface area contributed by atoms with Gasteiger partial charge in [0.1, 0.15) is 11.4 Å². The summed E-state index contributed by atoms with van der Waals surface area (Å²) in [5.41, 5.74) is 7.78. The number of fused-ring (bicyclic) bond motifs is 1. The highest BCUT2D eigenvalue weighted by Crippen LogP contribution is 2.36. The van der Waals surface area contributed by atoms with Gasteiger partial charge in [0.15, 0.2) is 5.96 Å². The standard InChI is InChI=1S/C27H36N4O3/c1-27(2,3)34-25(32)15-14-23(19-10-6-4-7-11-19)31-18-20-16-24(29-17-22(20)30-26(31)28)33-21-12-8-5-9-13-21/h5,8-9,12-13,16-17,19,23H,4,6-7,10-11,14-15,18H2,1-3H3,(H2,28,30). The van der Waals surface area contributed by atoms with E-state index < -0.39 is 5.60 Å². The Bertz CT molecular complexity index is 1010. The summed E-state index contributed by atoms with van der Waals surface area (Å²) in [4.78, 5) is 23.7. The largest absolute Gasteiger partial charge is 0.460 e. The van der Waals surface area contributed by atoms with E-state index in [1.165, 1.54) is 19.3 Å². The number of rotatable bonds is 7. The van der Waals surface area contributed by atoms with E-state index in [2.05, 4.69) is 14.9 Å². The summed E-state index contributed by atoms with van der Waals surface area (Å²) in [6.45, 7) is 6.32. The SMILES string of the molecule is CC(C)(C)OC(=O)CCC(C1CCCCC1)N1Cc2cc(Oc3ccccc3)ncc2N=C1N. The van der Waals surface area contributed by atoms with Gasteiger partial charge in [-0.25, -0.2) is 9.98 Å². The van der Waals surface area contributed by atoms with Crippen LogP contribution in [0, 0.1) is 5.92 Å². The first-order chi connectivity index (χ1) is 16.3. The number of nitrogens with two attached hydrogens (primary N) is 1. The van der Waals surface area contributed by atoms with E-state index in [1.807, 2.05) is 57.2 Å². The van der Waals surface area contributed by atoms with Crippen LogP contribution in [0.15, 0.2) is 47.6 Å². The third kappa shape index (κ3) is 6.27. The minimum atomic E-state index is -0.482. The molecule has 1 aromatic carbocycles. The van der Waals surface area contributed by atoms with Crippen LogP contribution in [0.2, 0.25) is 0 Å². The molecule has 182 valence electrons. The van der Waals surface area contributed by atoms with Crippen LogP contribution in [-0.2, 0) is 16.1 Å². The first-order valence-electron chi connectivity index (χ1n) is 12.3. The number of carbonyl (C=O) groups excluding carboxylic acids is 1. The summed E-state index contributed by atoms with van der Waals surface area (Å²) in [6.07, 6.45) is 8.78. The molecule has 1 aliphatic heterocycles. The van der Waals surface area contributed by atoms with Gasteiger partial charge in [-0.2, -0.15) is 0 Å². The van der Waals surface area contributed by atoms with Crippen molar-refractivity contribution < 1.29 is 14.3 Å². The van der Waals surface area contributed by atoms with Crippen LogP contribution in [0.5, 0.6) is 11.6 Å². The molecule has 7 nitrogen and oxygen atoms in total. The molecule has 7 heteroatoms. The quantitative estimate of drug-likeness (QED) is 0.528. The van der Waals surface area contributed by atoms with Crippen LogP contribution < -0.4 is 10.5 Å². The molecule has 0 bridgehead atoms. The monoisotopic (exact) mass is 464 g/mol. The van der Waals surface area contributed by atoms with Crippen molar-refractivity contribution in [1.29, 1.82) is 0 Å². The molecule has 2 heterocycles. The van der Waals surface area contributed by atoms with Crippen LogP contribution >= 0.6 is 0 Å². The van der Waals surface area contributed by atoms with Gasteiger partial charge in [-0.05, 0) is 58.1 Å². The lowest BCUT2D eigenvalue weighted by molar-refractivity contribution is -0.155. The molecule has 0 saturated heterocycles. The van der Waals surface area contributed by atoms with Gasteiger partial charge in [0.05, 0.1) is 11.9 Å². The van der Waals surface area contributed by atoms with E-state index >= 15 is 0 Å². The number of hydrogen-bond donors (Lipinski definition) is 1. The third-order valence-electron chi connectivity index (χ3n) is 6.43. The summed E-state index contributed by atoms with van der Waals surface area (Å²) in [6, 6.07) is 11.7. The molecule has 0 radical (unpaired) electrons. The summed E-state index contributed by atoms with van der Waals surface area (Å²) in [5.74, 6) is 2.08. The Morgan fingerprint density at radius 2 is 1.91 bits per heavy atom. The van der Waals surface area contributed by atoms with Crippen LogP contribution in [0.25, 0.3) is 0 Å². The number of pyridine rings is 1. The van der Waals surface area contributed by atoms with Gasteiger partial charge in [-0.3, -0.25) is 4.79 Å². The normalized spacial score (nSPS) is 17.5. The van der Waals surface area contributed by atoms with E-state index in [0.717, 1.165) is 29.8 Å². The van der Waals surface area contributed by atoms with Gasteiger partial charge in [0.25, 0.3) is 0 Å². The summed E-state index contributed by atoms with van der Waals surface area (Å²) >= 11 is 0. The number of esters is 1. The van der Waals surface area contributed by atoms with Gasteiger partial charge in [-0.1, -0.05) is 37.5 Å². The maximum atomic E-state index is 12.5. The molecule has 1 saturated carbocycles. The van der Waals surface area contributed by atoms with Gasteiger partial charge in [0, 0.05) is 30.6 Å². The highest BCUT2D eigenvalue weighted by Gasteiger charge is 2.33. The van der Waals surface area contributed by atoms with Gasteiger partial charge >= 0.3 is 5.97 Å². The second kappa shape index (κ2) is 10.5. The van der Waals surface area contributed by atoms with Gasteiger partial charge < -0.3 is 20.1 Å². The summed E-state index contributed by atoms with van der Waals surface area (Å²) in [7, 11) is 0. The molecule has 0 amide bonds. The minimum absolute atomic E-state index is 0.136. The molecule has 1 atom stereocenters. The van der Waals surface area contributed by atoms with Crippen LogP contribution in [0.4, 0.5) is 5.69 Å². The van der Waals surface area contributed by atoms with E-state index in [9.17, 15) is 4.79 Å². The maximum absolute atomic E-state index is 12.5. The van der Waals surface area contributed by atoms with Crippen molar-refractivity contribution in [2.45, 2.75) is 83.9 Å². The molecule has 0 spiro atoms. The van der Waals surface area contributed by atoms with Crippen molar-refractivity contribution in [3.63, 3.8) is 0 Å². The van der Waals surface area contributed by atoms with E-state index in [0.29, 0.717) is 37.1 Å². The predicted molar refractivity (Wildman–Crippen MR) is 133 cm³/mol. The average Bonchev–Trinajstić information content (AvgIpc) is 2.80. The van der Waals surface area contributed by atoms with Crippen molar-refractivity contribution in [3.05, 3.63) is 48.2 Å². The first-order valence-corrected chi connectivity index (χ1v) is 12.3. The van der Waals surface area contributed by atoms with Crippen molar-refractivity contribution in [2.24, 2.45) is 16.6 Å². The predicted octanol–water partition coefficient (Wildman–Crippen LogP) is 5.71. The van der Waals surface area contributed by atoms with Crippen molar-refractivity contribution >= 4 is 17.6 Å². The molecular weight excluding hydrogens is 428 g/mol. The molecule has 34 heavy (non-hydrogen) atoms. The van der Waals surface area contributed by atoms with Crippen molar-refractivity contribution in [2.75, 3.05) is 0 Å². The Labute approximate surface area is 202 Å². The summed E-state index contributed by atoms with van der Waals surface area (Å²) < 4.78 is 11.5. The molecule has 1 aliphatic carbocycles. The second-order valence-corrected chi connectivity index (χ2v) is 10.3. The summed E-state index contributed by atoms with van der Waals surface area (Å²) in [5, 5.41) is 0. The van der Waals surface area contributed by atoms with E-state index in [-0.39, 0.29) is 12.0 Å². The molecule has 2 aliphatic rings. The van der Waals surface area contributed by atoms with E-state index in [1.54, 1.807) is 6.20 Å². The number of benzene rings is 1. The topological polar surface area (TPSA) is 90.0 Å². The fourth-order valence-electron chi connectivity index (χ4n) is 4.92. The molecule has 1 aromatic heterocycles. The van der Waals surface area contributed by atoms with Crippen LogP contribution in [0.3, 0.4) is 0 Å². The number of aliphatic imine (C=N–C) groups is 1. The molecule has 1 fully saturated rings. The number of carbonyl (C=O) groups is 1. The molecule has 2 aromatic rings. The fourth-order valence-corrected chi connectivity index (χ4v) is 4.92. The molecule has 2 N–H and O–H groups in total. The highest BCUT2D eigenvalue weighted by molar-refractivity contribution is 5.84. The lowest BCUT2D eigenvalue weighted by Gasteiger charge is -2.41. The number of nitrogens with zero attached hydrogens (tertiary/aromatic N) is 3. The number of ether oxygens (including phenoxy) is 2. The fraction of sp³-hybridized carbons (Fsp3) is 0.519. The Kier molecular flexibility index (Phi) is 7.39. The molecule has 4 rings (SSSR count). The third-order valence-corrected chi connectivity index (χ3v) is 6.43. The lowest BCUT2D eigenvalue weighted by atomic mass is 9.81. The smallest absolute Gasteiger partial charge is 0.306 e. The van der Waals surface area contributed by atoms with Crippen molar-refractivity contribution in [3.8, 4) is 11.6 Å². The molecular formula is C27H36N4O3. The number of guanidine groups is 1. The van der Waals surface area contributed by atoms with Gasteiger partial charge in [-0.15, -0.1) is 0 Å².